The Bertz CT molecular complexity index is 682. The Balaban J connectivity index is 0.00000300. The SMILES string of the molecule is CN=C(NCCOCc1cccc(Cl)c1)NC1CCN(C(=O)C2CCCC2)C1.I. The van der Waals surface area contributed by atoms with E-state index < -0.39 is 0 Å². The number of carbonyl (C=O) groups excluding carboxylic acids is 1. The van der Waals surface area contributed by atoms with Gasteiger partial charge in [0.25, 0.3) is 0 Å². The third kappa shape index (κ3) is 7.61. The van der Waals surface area contributed by atoms with Gasteiger partial charge < -0.3 is 20.3 Å². The highest BCUT2D eigenvalue weighted by molar-refractivity contribution is 14.0. The van der Waals surface area contributed by atoms with Crippen LogP contribution in [0.3, 0.4) is 0 Å². The smallest absolute Gasteiger partial charge is 0.225 e. The highest BCUT2D eigenvalue weighted by Gasteiger charge is 2.32. The normalized spacial score (nSPS) is 19.9. The second-order valence-electron chi connectivity index (χ2n) is 7.58. The molecule has 2 fully saturated rings. The number of nitrogens with zero attached hydrogens (tertiary/aromatic N) is 2. The lowest BCUT2D eigenvalue weighted by Gasteiger charge is -2.21. The number of hydrogen-bond donors (Lipinski definition) is 2. The molecular formula is C21H32ClIN4O2. The maximum Gasteiger partial charge on any atom is 0.225 e. The van der Waals surface area contributed by atoms with Gasteiger partial charge in [0, 0.05) is 43.7 Å². The van der Waals surface area contributed by atoms with E-state index >= 15 is 0 Å². The molecule has 1 amide bonds. The second kappa shape index (κ2) is 12.6. The number of benzene rings is 1. The fourth-order valence-corrected chi connectivity index (χ4v) is 4.17. The number of hydrogen-bond acceptors (Lipinski definition) is 3. The van der Waals surface area contributed by atoms with Crippen LogP contribution in [0.5, 0.6) is 0 Å². The average Bonchev–Trinajstić information content (AvgIpc) is 3.38. The molecule has 0 bridgehead atoms. The van der Waals surface area contributed by atoms with Gasteiger partial charge in [-0.2, -0.15) is 0 Å². The standard InChI is InChI=1S/C21H31ClN4O2.HI/c1-23-21(24-10-12-28-15-16-5-4-8-18(22)13-16)25-19-9-11-26(14-19)20(27)17-6-2-3-7-17;/h4-5,8,13,17,19H,2-3,6-7,9-12,14-15H2,1H3,(H2,23,24,25);1H. The van der Waals surface area contributed by atoms with E-state index in [1.807, 2.05) is 29.2 Å². The van der Waals surface area contributed by atoms with Crippen molar-refractivity contribution >= 4 is 47.4 Å². The number of rotatable bonds is 7. The molecule has 8 heteroatoms. The van der Waals surface area contributed by atoms with E-state index in [1.165, 1.54) is 12.8 Å². The zero-order valence-corrected chi connectivity index (χ0v) is 20.1. The summed E-state index contributed by atoms with van der Waals surface area (Å²) in [4.78, 5) is 18.9. The molecule has 2 aliphatic rings. The van der Waals surface area contributed by atoms with Gasteiger partial charge in [-0.25, -0.2) is 0 Å². The molecule has 1 aliphatic heterocycles. The summed E-state index contributed by atoms with van der Waals surface area (Å²) in [5.74, 6) is 1.36. The molecule has 0 radical (unpaired) electrons. The molecule has 1 saturated carbocycles. The summed E-state index contributed by atoms with van der Waals surface area (Å²) in [6.07, 6.45) is 5.48. The summed E-state index contributed by atoms with van der Waals surface area (Å²) in [6.45, 7) is 3.38. The molecular weight excluding hydrogens is 503 g/mol. The van der Waals surface area contributed by atoms with Crippen molar-refractivity contribution in [3.63, 3.8) is 0 Å². The number of aliphatic imine (C=N–C) groups is 1. The average molecular weight is 535 g/mol. The molecule has 1 saturated heterocycles. The van der Waals surface area contributed by atoms with E-state index in [2.05, 4.69) is 15.6 Å². The lowest BCUT2D eigenvalue weighted by molar-refractivity contribution is -0.134. The predicted octanol–water partition coefficient (Wildman–Crippen LogP) is 3.43. The van der Waals surface area contributed by atoms with Crippen LogP contribution in [-0.4, -0.2) is 56.1 Å². The van der Waals surface area contributed by atoms with E-state index in [9.17, 15) is 4.79 Å². The van der Waals surface area contributed by atoms with Gasteiger partial charge in [-0.05, 0) is 37.0 Å². The molecule has 1 aromatic carbocycles. The Labute approximate surface area is 195 Å². The summed E-state index contributed by atoms with van der Waals surface area (Å²) < 4.78 is 5.69. The molecule has 3 rings (SSSR count). The highest BCUT2D eigenvalue weighted by Crippen LogP contribution is 2.27. The zero-order chi connectivity index (χ0) is 19.8. The van der Waals surface area contributed by atoms with E-state index in [1.54, 1.807) is 7.05 Å². The van der Waals surface area contributed by atoms with Crippen LogP contribution in [-0.2, 0) is 16.1 Å². The fourth-order valence-electron chi connectivity index (χ4n) is 3.96. The number of guanidine groups is 1. The molecule has 29 heavy (non-hydrogen) atoms. The second-order valence-corrected chi connectivity index (χ2v) is 8.01. The van der Waals surface area contributed by atoms with E-state index in [-0.39, 0.29) is 35.9 Å². The number of halogens is 2. The lowest BCUT2D eigenvalue weighted by atomic mass is 10.1. The van der Waals surface area contributed by atoms with Gasteiger partial charge in [-0.3, -0.25) is 9.79 Å². The van der Waals surface area contributed by atoms with Crippen molar-refractivity contribution in [2.24, 2.45) is 10.9 Å². The van der Waals surface area contributed by atoms with Crippen LogP contribution in [0.2, 0.25) is 5.02 Å². The fraction of sp³-hybridized carbons (Fsp3) is 0.619. The number of ether oxygens (including phenoxy) is 1. The number of amides is 1. The van der Waals surface area contributed by atoms with Crippen molar-refractivity contribution in [2.45, 2.75) is 44.8 Å². The Hall–Kier alpha value is -1.06. The quantitative estimate of drug-likeness (QED) is 0.243. The molecule has 1 aromatic rings. The third-order valence-electron chi connectivity index (χ3n) is 5.47. The van der Waals surface area contributed by atoms with Crippen molar-refractivity contribution < 1.29 is 9.53 Å². The maximum atomic E-state index is 12.6. The molecule has 2 N–H and O–H groups in total. The topological polar surface area (TPSA) is 66.0 Å². The summed E-state index contributed by atoms with van der Waals surface area (Å²) in [5.41, 5.74) is 1.06. The number of carbonyl (C=O) groups is 1. The van der Waals surface area contributed by atoms with Crippen molar-refractivity contribution in [1.82, 2.24) is 15.5 Å². The summed E-state index contributed by atoms with van der Waals surface area (Å²) in [6, 6.07) is 7.94. The monoisotopic (exact) mass is 534 g/mol. The molecule has 1 aliphatic carbocycles. The third-order valence-corrected chi connectivity index (χ3v) is 5.70. The molecule has 0 spiro atoms. The Kier molecular flexibility index (Phi) is 10.5. The first-order valence-corrected chi connectivity index (χ1v) is 10.6. The first-order chi connectivity index (χ1) is 13.7. The van der Waals surface area contributed by atoms with E-state index in [0.29, 0.717) is 25.7 Å². The highest BCUT2D eigenvalue weighted by atomic mass is 127. The van der Waals surface area contributed by atoms with E-state index in [4.69, 9.17) is 16.3 Å². The van der Waals surface area contributed by atoms with Crippen molar-refractivity contribution in [1.29, 1.82) is 0 Å². The van der Waals surface area contributed by atoms with Crippen LogP contribution in [0.4, 0.5) is 0 Å². The maximum absolute atomic E-state index is 12.6. The van der Waals surface area contributed by atoms with Gasteiger partial charge in [0.05, 0.1) is 13.2 Å². The van der Waals surface area contributed by atoms with Gasteiger partial charge in [-0.15, -0.1) is 24.0 Å². The first-order valence-electron chi connectivity index (χ1n) is 10.2. The molecule has 1 heterocycles. The van der Waals surface area contributed by atoms with Crippen LogP contribution >= 0.6 is 35.6 Å². The molecule has 0 aromatic heterocycles. The predicted molar refractivity (Wildman–Crippen MR) is 128 cm³/mol. The van der Waals surface area contributed by atoms with Crippen LogP contribution in [0.15, 0.2) is 29.3 Å². The van der Waals surface area contributed by atoms with Gasteiger partial charge in [0.1, 0.15) is 0 Å². The largest absolute Gasteiger partial charge is 0.375 e. The van der Waals surface area contributed by atoms with Crippen molar-refractivity contribution in [2.75, 3.05) is 33.3 Å². The minimum atomic E-state index is 0. The van der Waals surface area contributed by atoms with Crippen molar-refractivity contribution in [3.8, 4) is 0 Å². The summed E-state index contributed by atoms with van der Waals surface area (Å²) in [5, 5.41) is 7.43. The van der Waals surface area contributed by atoms with Crippen LogP contribution in [0.25, 0.3) is 0 Å². The Morgan fingerprint density at radius 3 is 2.83 bits per heavy atom. The van der Waals surface area contributed by atoms with Crippen LogP contribution in [0, 0.1) is 5.92 Å². The first kappa shape index (κ1) is 24.2. The van der Waals surface area contributed by atoms with Crippen molar-refractivity contribution in [3.05, 3.63) is 34.9 Å². The number of likely N-dealkylation sites (tertiary alicyclic amines) is 1. The number of nitrogens with one attached hydrogen (secondary N) is 2. The molecule has 1 unspecified atom stereocenters. The molecule has 162 valence electrons. The Morgan fingerprint density at radius 2 is 2.10 bits per heavy atom. The van der Waals surface area contributed by atoms with Crippen LogP contribution < -0.4 is 10.6 Å². The lowest BCUT2D eigenvalue weighted by Crippen LogP contribution is -2.46. The summed E-state index contributed by atoms with van der Waals surface area (Å²) in [7, 11) is 1.76. The van der Waals surface area contributed by atoms with Gasteiger partial charge in [0.2, 0.25) is 5.91 Å². The molecule has 6 nitrogen and oxygen atoms in total. The van der Waals surface area contributed by atoms with Gasteiger partial charge >= 0.3 is 0 Å². The minimum Gasteiger partial charge on any atom is -0.375 e. The zero-order valence-electron chi connectivity index (χ0n) is 17.0. The summed E-state index contributed by atoms with van der Waals surface area (Å²) >= 11 is 5.98. The van der Waals surface area contributed by atoms with Crippen LogP contribution in [0.1, 0.15) is 37.7 Å². The van der Waals surface area contributed by atoms with Gasteiger partial charge in [-0.1, -0.05) is 36.6 Å². The minimum absolute atomic E-state index is 0. The van der Waals surface area contributed by atoms with E-state index in [0.717, 1.165) is 48.9 Å². The Morgan fingerprint density at radius 1 is 1.31 bits per heavy atom. The molecule has 1 atom stereocenters. The van der Waals surface area contributed by atoms with Gasteiger partial charge in [0.15, 0.2) is 5.96 Å².